The lowest BCUT2D eigenvalue weighted by molar-refractivity contribution is -0.166. The number of nitrogens with zero attached hydrogens (tertiary/aromatic N) is 1. The fourth-order valence-corrected chi connectivity index (χ4v) is 1.39. The van der Waals surface area contributed by atoms with Crippen molar-refractivity contribution < 1.29 is 25.0 Å². The number of hydrogen-bond donors (Lipinski definition) is 5. The summed E-state index contributed by atoms with van der Waals surface area (Å²) in [5, 5.41) is 31.9. The first-order chi connectivity index (χ1) is 8.97. The largest absolute Gasteiger partial charge is 0.359 e. The molecule has 2 amide bonds. The number of carbonyl (C=O) groups is 2. The lowest BCUT2D eigenvalue weighted by atomic mass is 10.2. The van der Waals surface area contributed by atoms with Crippen molar-refractivity contribution in [2.45, 2.75) is 38.5 Å². The second kappa shape index (κ2) is 10.7. The fourth-order valence-electron chi connectivity index (χ4n) is 1.39. The minimum Gasteiger partial charge on any atom is -0.359 e. The lowest BCUT2D eigenvalue weighted by Gasteiger charge is -2.14. The van der Waals surface area contributed by atoms with Crippen molar-refractivity contribution in [3.8, 4) is 0 Å². The van der Waals surface area contributed by atoms with Crippen LogP contribution in [0, 0.1) is 0 Å². The third kappa shape index (κ3) is 10.4. The van der Waals surface area contributed by atoms with E-state index >= 15 is 0 Å². The predicted octanol–water partition coefficient (Wildman–Crippen LogP) is -1.24. The van der Waals surface area contributed by atoms with Crippen LogP contribution in [0.5, 0.6) is 0 Å². The zero-order valence-electron chi connectivity index (χ0n) is 11.1. The van der Waals surface area contributed by atoms with E-state index in [0.717, 1.165) is 6.42 Å². The van der Waals surface area contributed by atoms with Crippen molar-refractivity contribution in [2.75, 3.05) is 20.1 Å². The van der Waals surface area contributed by atoms with Gasteiger partial charge in [0.15, 0.2) is 0 Å². The van der Waals surface area contributed by atoms with Crippen LogP contribution in [0.2, 0.25) is 0 Å². The lowest BCUT2D eigenvalue weighted by Crippen LogP contribution is -2.30. The smallest absolute Gasteiger partial charge is 0.246 e. The molecule has 0 rings (SSSR count). The maximum Gasteiger partial charge on any atom is 0.246 e. The van der Waals surface area contributed by atoms with Crippen molar-refractivity contribution in [2.24, 2.45) is 0 Å². The van der Waals surface area contributed by atoms with Gasteiger partial charge in [0.1, 0.15) is 0 Å². The van der Waals surface area contributed by atoms with Crippen molar-refractivity contribution in [3.63, 3.8) is 0 Å². The molecule has 112 valence electrons. The molecule has 0 aliphatic carbocycles. The first kappa shape index (κ1) is 17.8. The summed E-state index contributed by atoms with van der Waals surface area (Å²) in [5.74, 6) is -0.720. The first-order valence-corrected chi connectivity index (χ1v) is 6.26. The van der Waals surface area contributed by atoms with Gasteiger partial charge in [0, 0.05) is 26.4 Å². The molecule has 0 atom stereocenters. The van der Waals surface area contributed by atoms with Gasteiger partial charge in [-0.05, 0) is 19.4 Å². The Bertz CT molecular complexity index is 273. The number of aliphatic hydroxyl groups excluding tert-OH is 1. The third-order valence-corrected chi connectivity index (χ3v) is 2.51. The molecule has 0 aromatic heterocycles. The van der Waals surface area contributed by atoms with Crippen LogP contribution < -0.4 is 10.6 Å². The molecular weight excluding hydrogens is 254 g/mol. The average Bonchev–Trinajstić information content (AvgIpc) is 2.38. The van der Waals surface area contributed by atoms with Crippen LogP contribution in [0.4, 0.5) is 0 Å². The minimum absolute atomic E-state index is 0.0194. The Morgan fingerprint density at radius 1 is 1.16 bits per heavy atom. The molecule has 5 N–H and O–H groups in total. The quantitative estimate of drug-likeness (QED) is 0.147. The van der Waals surface area contributed by atoms with E-state index in [1.165, 1.54) is 7.05 Å². The second-order valence-electron chi connectivity index (χ2n) is 4.08. The molecular formula is C11H23N3O5. The topological polar surface area (TPSA) is 122 Å². The highest BCUT2D eigenvalue weighted by molar-refractivity contribution is 5.82. The standard InChI is InChI=1S/C11H23N3O5/c1-12-9(15)5-6-10(16)14(19)8-4-2-3-7-13-11(17)18/h11,13,17-19H,2-8H2,1H3,(H,12,15). The highest BCUT2D eigenvalue weighted by Crippen LogP contribution is 2.00. The number of carbonyl (C=O) groups excluding carboxylic acids is 2. The molecule has 0 aromatic rings. The fraction of sp³-hybridized carbons (Fsp3) is 0.818. The van der Waals surface area contributed by atoms with Crippen LogP contribution in [0.15, 0.2) is 0 Å². The molecule has 0 aliphatic rings. The molecule has 0 aromatic carbocycles. The first-order valence-electron chi connectivity index (χ1n) is 6.26. The molecule has 0 radical (unpaired) electrons. The minimum atomic E-state index is -1.51. The molecule has 0 aliphatic heterocycles. The van der Waals surface area contributed by atoms with Crippen molar-refractivity contribution in [1.82, 2.24) is 15.7 Å². The number of rotatable bonds is 10. The molecule has 8 heteroatoms. The maximum absolute atomic E-state index is 11.4. The van der Waals surface area contributed by atoms with Gasteiger partial charge >= 0.3 is 0 Å². The predicted molar refractivity (Wildman–Crippen MR) is 66.9 cm³/mol. The van der Waals surface area contributed by atoms with E-state index in [4.69, 9.17) is 10.2 Å². The average molecular weight is 277 g/mol. The molecule has 19 heavy (non-hydrogen) atoms. The number of amides is 2. The van der Waals surface area contributed by atoms with E-state index in [-0.39, 0.29) is 25.3 Å². The van der Waals surface area contributed by atoms with E-state index in [1.807, 2.05) is 0 Å². The zero-order chi connectivity index (χ0) is 14.7. The maximum atomic E-state index is 11.4. The van der Waals surface area contributed by atoms with Crippen molar-refractivity contribution in [1.29, 1.82) is 0 Å². The van der Waals surface area contributed by atoms with Crippen LogP contribution in [0.25, 0.3) is 0 Å². The number of aliphatic hydroxyl groups is 2. The molecule has 8 nitrogen and oxygen atoms in total. The Kier molecular flexibility index (Phi) is 9.99. The summed E-state index contributed by atoms with van der Waals surface area (Å²) in [4.78, 5) is 22.3. The van der Waals surface area contributed by atoms with Gasteiger partial charge in [0.05, 0.1) is 0 Å². The molecule has 0 unspecified atom stereocenters. The van der Waals surface area contributed by atoms with Gasteiger partial charge in [-0.1, -0.05) is 6.42 Å². The summed E-state index contributed by atoms with van der Waals surface area (Å²) in [6, 6.07) is 0. The van der Waals surface area contributed by atoms with Crippen LogP contribution in [0.1, 0.15) is 32.1 Å². The van der Waals surface area contributed by atoms with Crippen LogP contribution in [-0.4, -0.2) is 58.8 Å². The van der Waals surface area contributed by atoms with Gasteiger partial charge in [-0.2, -0.15) is 0 Å². The Labute approximate surface area is 112 Å². The Hall–Kier alpha value is -1.22. The van der Waals surface area contributed by atoms with E-state index in [1.54, 1.807) is 0 Å². The Morgan fingerprint density at radius 3 is 2.42 bits per heavy atom. The van der Waals surface area contributed by atoms with Crippen LogP contribution in [0.3, 0.4) is 0 Å². The molecule has 0 spiro atoms. The van der Waals surface area contributed by atoms with Crippen LogP contribution >= 0.6 is 0 Å². The zero-order valence-corrected chi connectivity index (χ0v) is 11.1. The molecule has 0 saturated carbocycles. The van der Waals surface area contributed by atoms with Crippen molar-refractivity contribution in [3.05, 3.63) is 0 Å². The second-order valence-corrected chi connectivity index (χ2v) is 4.08. The Balaban J connectivity index is 3.54. The van der Waals surface area contributed by atoms with E-state index < -0.39 is 12.3 Å². The van der Waals surface area contributed by atoms with Gasteiger partial charge in [0.2, 0.25) is 18.2 Å². The molecule has 0 saturated heterocycles. The SMILES string of the molecule is CNC(=O)CCC(=O)N(O)CCCCCNC(O)O. The molecule has 0 bridgehead atoms. The molecule has 0 heterocycles. The Morgan fingerprint density at radius 2 is 1.84 bits per heavy atom. The summed E-state index contributed by atoms with van der Waals surface area (Å²) in [7, 11) is 1.49. The van der Waals surface area contributed by atoms with Gasteiger partial charge in [-0.3, -0.25) is 20.1 Å². The van der Waals surface area contributed by atoms with Gasteiger partial charge in [0.25, 0.3) is 0 Å². The van der Waals surface area contributed by atoms with Gasteiger partial charge in [-0.25, -0.2) is 5.06 Å². The number of hydroxylamine groups is 2. The number of nitrogens with one attached hydrogen (secondary N) is 2. The summed E-state index contributed by atoms with van der Waals surface area (Å²) in [5.41, 5.74) is 0. The van der Waals surface area contributed by atoms with Gasteiger partial charge < -0.3 is 15.5 Å². The highest BCUT2D eigenvalue weighted by Gasteiger charge is 2.11. The summed E-state index contributed by atoms with van der Waals surface area (Å²) >= 11 is 0. The van der Waals surface area contributed by atoms with E-state index in [0.29, 0.717) is 24.4 Å². The summed E-state index contributed by atoms with van der Waals surface area (Å²) < 4.78 is 0. The molecule has 0 fully saturated rings. The van der Waals surface area contributed by atoms with Gasteiger partial charge in [-0.15, -0.1) is 0 Å². The normalized spacial score (nSPS) is 10.6. The highest BCUT2D eigenvalue weighted by atomic mass is 16.5. The monoisotopic (exact) mass is 277 g/mol. The number of hydrogen-bond acceptors (Lipinski definition) is 6. The number of unbranched alkanes of at least 4 members (excludes halogenated alkanes) is 2. The third-order valence-electron chi connectivity index (χ3n) is 2.51. The van der Waals surface area contributed by atoms with E-state index in [2.05, 4.69) is 10.6 Å². The van der Waals surface area contributed by atoms with E-state index in [9.17, 15) is 14.8 Å². The van der Waals surface area contributed by atoms with Crippen LogP contribution in [-0.2, 0) is 9.59 Å². The summed E-state index contributed by atoms with van der Waals surface area (Å²) in [6.07, 6.45) is 0.572. The summed E-state index contributed by atoms with van der Waals surface area (Å²) in [6.45, 7) is 0.655. The van der Waals surface area contributed by atoms with Crippen molar-refractivity contribution >= 4 is 11.8 Å².